The summed E-state index contributed by atoms with van der Waals surface area (Å²) in [6.07, 6.45) is 0. The maximum Gasteiger partial charge on any atom is 0.205 e. The van der Waals surface area contributed by atoms with Gasteiger partial charge in [0.1, 0.15) is 0 Å². The van der Waals surface area contributed by atoms with E-state index in [4.69, 9.17) is 9.84 Å². The van der Waals surface area contributed by atoms with Crippen LogP contribution in [0.25, 0.3) is 0 Å². The summed E-state index contributed by atoms with van der Waals surface area (Å²) in [5.74, 6) is -0.787. The molecule has 0 aliphatic carbocycles. The first-order valence-electron chi connectivity index (χ1n) is 6.85. The number of hydrogen-bond donors (Lipinski definition) is 2. The maximum absolute atomic E-state index is 10.6. The molecule has 2 rings (SSSR count). The van der Waals surface area contributed by atoms with Crippen LogP contribution in [0.1, 0.15) is 30.9 Å². The van der Waals surface area contributed by atoms with Crippen molar-refractivity contribution in [3.63, 3.8) is 0 Å². The third-order valence-electron chi connectivity index (χ3n) is 3.63. The van der Waals surface area contributed by atoms with Gasteiger partial charge in [-0.15, -0.1) is 0 Å². The molecule has 1 saturated heterocycles. The van der Waals surface area contributed by atoms with Crippen molar-refractivity contribution < 1.29 is 14.9 Å². The van der Waals surface area contributed by atoms with Crippen LogP contribution in [0.5, 0.6) is 0 Å². The van der Waals surface area contributed by atoms with E-state index in [-0.39, 0.29) is 6.61 Å². The van der Waals surface area contributed by atoms with Gasteiger partial charge in [0.15, 0.2) is 0 Å². The van der Waals surface area contributed by atoms with E-state index in [0.29, 0.717) is 25.6 Å². The number of rotatable bonds is 4. The van der Waals surface area contributed by atoms with Gasteiger partial charge in [0.25, 0.3) is 0 Å². The van der Waals surface area contributed by atoms with E-state index < -0.39 is 5.79 Å². The van der Waals surface area contributed by atoms with E-state index in [1.54, 1.807) is 0 Å². The predicted molar refractivity (Wildman–Crippen MR) is 73.9 cm³/mol. The highest BCUT2D eigenvalue weighted by molar-refractivity contribution is 5.28. The summed E-state index contributed by atoms with van der Waals surface area (Å²) in [5.41, 5.74) is 2.02. The van der Waals surface area contributed by atoms with Crippen molar-refractivity contribution in [3.05, 3.63) is 35.4 Å². The van der Waals surface area contributed by atoms with Crippen molar-refractivity contribution in [2.75, 3.05) is 32.8 Å². The normalized spacial score (nSPS) is 24.9. The molecule has 1 fully saturated rings. The van der Waals surface area contributed by atoms with Gasteiger partial charge in [-0.1, -0.05) is 38.1 Å². The SMILES string of the molecule is CC(C)c1ccc(C2(O)CN(CCO)CCO2)cc1. The molecular weight excluding hydrogens is 242 g/mol. The fraction of sp³-hybridized carbons (Fsp3) is 0.600. The van der Waals surface area contributed by atoms with E-state index in [1.165, 1.54) is 5.56 Å². The molecule has 0 saturated carbocycles. The van der Waals surface area contributed by atoms with Gasteiger partial charge < -0.3 is 14.9 Å². The number of hydrogen-bond acceptors (Lipinski definition) is 4. The molecule has 19 heavy (non-hydrogen) atoms. The lowest BCUT2D eigenvalue weighted by Gasteiger charge is -2.39. The van der Waals surface area contributed by atoms with Crippen LogP contribution in [0.3, 0.4) is 0 Å². The van der Waals surface area contributed by atoms with Crippen molar-refractivity contribution in [2.45, 2.75) is 25.6 Å². The third kappa shape index (κ3) is 3.34. The van der Waals surface area contributed by atoms with Crippen LogP contribution in [0.4, 0.5) is 0 Å². The summed E-state index contributed by atoms with van der Waals surface area (Å²) in [6.45, 7) is 6.57. The van der Waals surface area contributed by atoms with Crippen molar-refractivity contribution in [3.8, 4) is 0 Å². The summed E-state index contributed by atoms with van der Waals surface area (Å²) in [5, 5.41) is 19.6. The van der Waals surface area contributed by atoms with Gasteiger partial charge in [-0.2, -0.15) is 0 Å². The Morgan fingerprint density at radius 3 is 2.58 bits per heavy atom. The first-order chi connectivity index (χ1) is 9.05. The molecule has 1 aliphatic heterocycles. The fourth-order valence-electron chi connectivity index (χ4n) is 2.41. The largest absolute Gasteiger partial charge is 0.395 e. The molecule has 106 valence electrons. The van der Waals surface area contributed by atoms with E-state index >= 15 is 0 Å². The van der Waals surface area contributed by atoms with Gasteiger partial charge in [-0.25, -0.2) is 0 Å². The molecule has 0 amide bonds. The summed E-state index contributed by atoms with van der Waals surface area (Å²) in [4.78, 5) is 2.01. The molecule has 2 N–H and O–H groups in total. The van der Waals surface area contributed by atoms with Crippen molar-refractivity contribution >= 4 is 0 Å². The van der Waals surface area contributed by atoms with Crippen molar-refractivity contribution in [1.82, 2.24) is 4.90 Å². The second-order valence-electron chi connectivity index (χ2n) is 5.41. The standard InChI is InChI=1S/C15H23NO3/c1-12(2)13-3-5-14(6-4-13)15(18)11-16(7-9-17)8-10-19-15/h3-6,12,17-18H,7-11H2,1-2H3. The molecule has 1 atom stereocenters. The predicted octanol–water partition coefficient (Wildman–Crippen LogP) is 1.28. The Labute approximate surface area is 114 Å². The average molecular weight is 265 g/mol. The first kappa shape index (κ1) is 14.5. The van der Waals surface area contributed by atoms with Crippen LogP contribution >= 0.6 is 0 Å². The summed E-state index contributed by atoms with van der Waals surface area (Å²) >= 11 is 0. The smallest absolute Gasteiger partial charge is 0.205 e. The monoisotopic (exact) mass is 265 g/mol. The minimum atomic E-state index is -1.26. The second-order valence-corrected chi connectivity index (χ2v) is 5.41. The summed E-state index contributed by atoms with van der Waals surface area (Å²) in [7, 11) is 0. The third-order valence-corrected chi connectivity index (χ3v) is 3.63. The zero-order valence-corrected chi connectivity index (χ0v) is 11.7. The van der Waals surface area contributed by atoms with Crippen LogP contribution in [0.2, 0.25) is 0 Å². The zero-order chi connectivity index (χ0) is 13.9. The van der Waals surface area contributed by atoms with E-state index in [9.17, 15) is 5.11 Å². The second kappa shape index (κ2) is 6.01. The molecule has 0 radical (unpaired) electrons. The Morgan fingerprint density at radius 2 is 2.00 bits per heavy atom. The maximum atomic E-state index is 10.6. The lowest BCUT2D eigenvalue weighted by Crippen LogP contribution is -2.50. The van der Waals surface area contributed by atoms with E-state index in [1.807, 2.05) is 29.2 Å². The topological polar surface area (TPSA) is 52.9 Å². The molecular formula is C15H23NO3. The van der Waals surface area contributed by atoms with Gasteiger partial charge in [-0.3, -0.25) is 4.90 Å². The highest BCUT2D eigenvalue weighted by Crippen LogP contribution is 2.28. The molecule has 1 aromatic rings. The van der Waals surface area contributed by atoms with Crippen molar-refractivity contribution in [1.29, 1.82) is 0 Å². The Bertz CT molecular complexity index is 402. The number of nitrogens with zero attached hydrogens (tertiary/aromatic N) is 1. The lowest BCUT2D eigenvalue weighted by atomic mass is 9.97. The molecule has 0 aromatic heterocycles. The molecule has 4 nitrogen and oxygen atoms in total. The quantitative estimate of drug-likeness (QED) is 0.861. The average Bonchev–Trinajstić information content (AvgIpc) is 2.39. The molecule has 1 heterocycles. The van der Waals surface area contributed by atoms with E-state index in [0.717, 1.165) is 12.1 Å². The van der Waals surface area contributed by atoms with Crippen LogP contribution in [0.15, 0.2) is 24.3 Å². The Hall–Kier alpha value is -0.940. The zero-order valence-electron chi connectivity index (χ0n) is 11.7. The van der Waals surface area contributed by atoms with Crippen LogP contribution in [-0.2, 0) is 10.5 Å². The number of morpholine rings is 1. The van der Waals surface area contributed by atoms with Gasteiger partial charge in [0.05, 0.1) is 19.8 Å². The summed E-state index contributed by atoms with van der Waals surface area (Å²) < 4.78 is 5.56. The first-order valence-corrected chi connectivity index (χ1v) is 6.85. The molecule has 4 heteroatoms. The number of β-amino-alcohol motifs (C(OH)–C–C–N with tert-alkyl or cyclic N) is 2. The molecule has 0 bridgehead atoms. The van der Waals surface area contributed by atoms with Gasteiger partial charge in [0, 0.05) is 18.7 Å². The molecule has 0 spiro atoms. The number of benzene rings is 1. The summed E-state index contributed by atoms with van der Waals surface area (Å²) in [6, 6.07) is 7.92. The molecule has 1 aromatic carbocycles. The minimum absolute atomic E-state index is 0.0996. The molecule has 1 unspecified atom stereocenters. The highest BCUT2D eigenvalue weighted by Gasteiger charge is 2.36. The van der Waals surface area contributed by atoms with E-state index in [2.05, 4.69) is 13.8 Å². The number of aliphatic hydroxyl groups excluding tert-OH is 1. The van der Waals surface area contributed by atoms with Crippen LogP contribution < -0.4 is 0 Å². The van der Waals surface area contributed by atoms with Gasteiger partial charge in [0.2, 0.25) is 5.79 Å². The molecule has 1 aliphatic rings. The minimum Gasteiger partial charge on any atom is -0.395 e. The lowest BCUT2D eigenvalue weighted by molar-refractivity contribution is -0.248. The van der Waals surface area contributed by atoms with Crippen LogP contribution in [-0.4, -0.2) is 48.0 Å². The van der Waals surface area contributed by atoms with Gasteiger partial charge in [-0.05, 0) is 11.5 Å². The Kier molecular flexibility index (Phi) is 4.58. The van der Waals surface area contributed by atoms with Crippen molar-refractivity contribution in [2.24, 2.45) is 0 Å². The highest BCUT2D eigenvalue weighted by atomic mass is 16.6. The fourth-order valence-corrected chi connectivity index (χ4v) is 2.41. The number of ether oxygens (including phenoxy) is 1. The number of aliphatic hydroxyl groups is 2. The Morgan fingerprint density at radius 1 is 1.32 bits per heavy atom. The Balaban J connectivity index is 2.14. The van der Waals surface area contributed by atoms with Crippen LogP contribution in [0, 0.1) is 0 Å². The van der Waals surface area contributed by atoms with Gasteiger partial charge >= 0.3 is 0 Å².